The second-order valence-electron chi connectivity index (χ2n) is 5.86. The van der Waals surface area contributed by atoms with Crippen LogP contribution in [0.4, 0.5) is 8.78 Å². The van der Waals surface area contributed by atoms with E-state index in [0.29, 0.717) is 30.5 Å². The quantitative estimate of drug-likeness (QED) is 0.863. The molecule has 2 aliphatic heterocycles. The minimum atomic E-state index is -2.48. The number of fused-ring (bicyclic) bond motifs is 2. The van der Waals surface area contributed by atoms with Gasteiger partial charge in [0.25, 0.3) is 6.43 Å². The van der Waals surface area contributed by atoms with Gasteiger partial charge in [-0.15, -0.1) is 0 Å². The zero-order valence-corrected chi connectivity index (χ0v) is 10.8. The summed E-state index contributed by atoms with van der Waals surface area (Å²) in [7, 11) is 0. The van der Waals surface area contributed by atoms with Crippen LogP contribution in [0, 0.1) is 0 Å². The number of piperidine rings is 2. The van der Waals surface area contributed by atoms with E-state index in [-0.39, 0.29) is 5.56 Å². The van der Waals surface area contributed by atoms with Crippen molar-refractivity contribution in [2.75, 3.05) is 0 Å². The van der Waals surface area contributed by atoms with Crippen molar-refractivity contribution < 1.29 is 13.9 Å². The molecule has 1 aromatic rings. The summed E-state index contributed by atoms with van der Waals surface area (Å²) in [5.41, 5.74) is -0.315. The van der Waals surface area contributed by atoms with Gasteiger partial charge in [0.05, 0.1) is 5.60 Å². The lowest BCUT2D eigenvalue weighted by atomic mass is 9.74. The predicted octanol–water partition coefficient (Wildman–Crippen LogP) is 3.12. The van der Waals surface area contributed by atoms with Crippen molar-refractivity contribution in [1.29, 1.82) is 0 Å². The maximum atomic E-state index is 12.8. The molecule has 1 aromatic carbocycles. The number of halogens is 2. The number of hydrogen-bond acceptors (Lipinski definition) is 2. The van der Waals surface area contributed by atoms with Gasteiger partial charge in [0.15, 0.2) is 0 Å². The third kappa shape index (κ3) is 2.51. The first-order chi connectivity index (χ1) is 9.07. The smallest absolute Gasteiger partial charge is 0.263 e. The summed E-state index contributed by atoms with van der Waals surface area (Å²) in [4.78, 5) is 0. The highest BCUT2D eigenvalue weighted by Crippen LogP contribution is 2.40. The lowest BCUT2D eigenvalue weighted by Crippen LogP contribution is -2.54. The Morgan fingerprint density at radius 3 is 2.53 bits per heavy atom. The van der Waals surface area contributed by atoms with Gasteiger partial charge in [-0.3, -0.25) is 0 Å². The van der Waals surface area contributed by atoms with Crippen molar-refractivity contribution in [3.8, 4) is 0 Å². The molecule has 2 fully saturated rings. The highest BCUT2D eigenvalue weighted by molar-refractivity contribution is 5.30. The lowest BCUT2D eigenvalue weighted by molar-refractivity contribution is -0.0360. The fourth-order valence-electron chi connectivity index (χ4n) is 3.53. The molecular formula is C15H19F2NO. The summed E-state index contributed by atoms with van der Waals surface area (Å²) in [6.07, 6.45) is 2.08. The van der Waals surface area contributed by atoms with Crippen LogP contribution in [0.15, 0.2) is 24.3 Å². The second-order valence-corrected chi connectivity index (χ2v) is 5.86. The van der Waals surface area contributed by atoms with E-state index in [1.165, 1.54) is 18.6 Å². The van der Waals surface area contributed by atoms with Crippen molar-refractivity contribution >= 4 is 0 Å². The average molecular weight is 267 g/mol. The van der Waals surface area contributed by atoms with Gasteiger partial charge < -0.3 is 10.4 Å². The van der Waals surface area contributed by atoms with E-state index in [1.807, 2.05) is 0 Å². The summed E-state index contributed by atoms with van der Waals surface area (Å²) in [5, 5.41) is 14.4. The molecule has 0 aliphatic carbocycles. The molecule has 2 aliphatic rings. The number of rotatable bonds is 2. The highest BCUT2D eigenvalue weighted by Gasteiger charge is 2.41. The zero-order chi connectivity index (χ0) is 13.5. The molecule has 0 aromatic heterocycles. The molecule has 19 heavy (non-hydrogen) atoms. The summed E-state index contributed by atoms with van der Waals surface area (Å²) in [6.45, 7) is 0. The van der Waals surface area contributed by atoms with Crippen LogP contribution in [-0.4, -0.2) is 17.2 Å². The molecule has 2 nitrogen and oxygen atoms in total. The zero-order valence-electron chi connectivity index (χ0n) is 10.8. The standard InChI is InChI=1S/C15H19F2NO/c16-14(17)10-3-1-4-11(7-10)15(19)8-12-5-2-6-13(9-15)18-12/h1,3-4,7,12-14,18-19H,2,5-6,8-9H2. The number of benzene rings is 1. The Labute approximate surface area is 111 Å². The Morgan fingerprint density at radius 1 is 1.21 bits per heavy atom. The molecule has 0 amide bonds. The summed E-state index contributed by atoms with van der Waals surface area (Å²) >= 11 is 0. The van der Waals surface area contributed by atoms with Crippen molar-refractivity contribution in [3.63, 3.8) is 0 Å². The Morgan fingerprint density at radius 2 is 1.89 bits per heavy atom. The van der Waals surface area contributed by atoms with Crippen molar-refractivity contribution in [1.82, 2.24) is 5.32 Å². The third-order valence-corrected chi connectivity index (χ3v) is 4.42. The van der Waals surface area contributed by atoms with Gasteiger partial charge in [-0.05, 0) is 37.3 Å². The first-order valence-corrected chi connectivity index (χ1v) is 6.94. The molecule has 2 bridgehead atoms. The van der Waals surface area contributed by atoms with Crippen LogP contribution >= 0.6 is 0 Å². The minimum Gasteiger partial charge on any atom is -0.385 e. The van der Waals surface area contributed by atoms with Crippen LogP contribution in [0.5, 0.6) is 0 Å². The van der Waals surface area contributed by atoms with Crippen LogP contribution in [0.2, 0.25) is 0 Å². The molecule has 2 heterocycles. The van der Waals surface area contributed by atoms with Crippen LogP contribution in [-0.2, 0) is 5.60 Å². The van der Waals surface area contributed by atoms with E-state index in [2.05, 4.69) is 5.32 Å². The Balaban J connectivity index is 1.89. The Bertz CT molecular complexity index is 451. The molecule has 2 saturated heterocycles. The van der Waals surface area contributed by atoms with Gasteiger partial charge in [-0.25, -0.2) is 8.78 Å². The highest BCUT2D eigenvalue weighted by atomic mass is 19.3. The van der Waals surface area contributed by atoms with Gasteiger partial charge >= 0.3 is 0 Å². The summed E-state index contributed by atoms with van der Waals surface area (Å²) < 4.78 is 25.6. The number of hydrogen-bond donors (Lipinski definition) is 2. The normalized spacial score (nSPS) is 34.5. The molecular weight excluding hydrogens is 248 g/mol. The van der Waals surface area contributed by atoms with E-state index in [9.17, 15) is 13.9 Å². The average Bonchev–Trinajstić information content (AvgIpc) is 2.38. The summed E-state index contributed by atoms with van der Waals surface area (Å²) in [6, 6.07) is 6.89. The van der Waals surface area contributed by atoms with Crippen LogP contribution < -0.4 is 5.32 Å². The second kappa shape index (κ2) is 4.84. The van der Waals surface area contributed by atoms with E-state index < -0.39 is 12.0 Å². The van der Waals surface area contributed by atoms with Crippen molar-refractivity contribution in [2.24, 2.45) is 0 Å². The number of nitrogens with one attached hydrogen (secondary N) is 1. The topological polar surface area (TPSA) is 32.3 Å². The maximum Gasteiger partial charge on any atom is 0.263 e. The SMILES string of the molecule is OC1(c2cccc(C(F)F)c2)CC2CCCC(C1)N2. The molecule has 0 saturated carbocycles. The van der Waals surface area contributed by atoms with Gasteiger partial charge in [0.1, 0.15) is 0 Å². The molecule has 4 heteroatoms. The monoisotopic (exact) mass is 267 g/mol. The molecule has 3 rings (SSSR count). The van der Waals surface area contributed by atoms with E-state index in [0.717, 1.165) is 12.8 Å². The molecule has 2 atom stereocenters. The van der Waals surface area contributed by atoms with E-state index >= 15 is 0 Å². The van der Waals surface area contributed by atoms with Crippen LogP contribution in [0.3, 0.4) is 0 Å². The molecule has 0 radical (unpaired) electrons. The fourth-order valence-corrected chi connectivity index (χ4v) is 3.53. The van der Waals surface area contributed by atoms with Gasteiger partial charge in [0.2, 0.25) is 0 Å². The van der Waals surface area contributed by atoms with E-state index in [1.54, 1.807) is 12.1 Å². The first-order valence-electron chi connectivity index (χ1n) is 6.94. The predicted molar refractivity (Wildman–Crippen MR) is 69.1 cm³/mol. The molecule has 0 spiro atoms. The lowest BCUT2D eigenvalue weighted by Gasteiger charge is -2.45. The van der Waals surface area contributed by atoms with Gasteiger partial charge in [-0.2, -0.15) is 0 Å². The largest absolute Gasteiger partial charge is 0.385 e. The maximum absolute atomic E-state index is 12.8. The first kappa shape index (κ1) is 13.0. The molecule has 104 valence electrons. The number of alkyl halides is 2. The molecule has 2 N–H and O–H groups in total. The van der Waals surface area contributed by atoms with E-state index in [4.69, 9.17) is 0 Å². The van der Waals surface area contributed by atoms with Crippen molar-refractivity contribution in [3.05, 3.63) is 35.4 Å². The third-order valence-electron chi connectivity index (χ3n) is 4.42. The fraction of sp³-hybridized carbons (Fsp3) is 0.600. The van der Waals surface area contributed by atoms with Crippen molar-refractivity contribution in [2.45, 2.75) is 56.2 Å². The minimum absolute atomic E-state index is 0.00498. The van der Waals surface area contributed by atoms with Crippen LogP contribution in [0.25, 0.3) is 0 Å². The molecule has 2 unspecified atom stereocenters. The van der Waals surface area contributed by atoms with Crippen LogP contribution in [0.1, 0.15) is 49.7 Å². The Kier molecular flexibility index (Phi) is 3.31. The number of aliphatic hydroxyl groups is 1. The Hall–Kier alpha value is -1.00. The van der Waals surface area contributed by atoms with Gasteiger partial charge in [-0.1, -0.05) is 24.6 Å². The van der Waals surface area contributed by atoms with Gasteiger partial charge in [0, 0.05) is 17.6 Å². The summed E-state index contributed by atoms with van der Waals surface area (Å²) in [5.74, 6) is 0.